The van der Waals surface area contributed by atoms with Crippen molar-refractivity contribution in [3.8, 4) is 0 Å². The van der Waals surface area contributed by atoms with Crippen LogP contribution in [0.3, 0.4) is 0 Å². The highest BCUT2D eigenvalue weighted by molar-refractivity contribution is 6.26. The van der Waals surface area contributed by atoms with Crippen molar-refractivity contribution >= 4 is 23.7 Å². The molecule has 0 aliphatic rings. The minimum Gasteiger partial charge on any atom is -0.481 e. The van der Waals surface area contributed by atoms with E-state index in [1.54, 1.807) is 30.0 Å². The van der Waals surface area contributed by atoms with Crippen molar-refractivity contribution in [1.82, 2.24) is 9.80 Å². The lowest BCUT2D eigenvalue weighted by molar-refractivity contribution is -0.137. The Morgan fingerprint density at radius 2 is 1.82 bits per heavy atom. The number of nitrogens with zero attached hydrogens (tertiary/aromatic N) is 3. The largest absolute Gasteiger partial charge is 0.481 e. The summed E-state index contributed by atoms with van der Waals surface area (Å²) in [6.45, 7) is 20.4. The zero-order valence-electron chi connectivity index (χ0n) is 24.8. The van der Waals surface area contributed by atoms with Crippen LogP contribution in [0.25, 0.3) is 5.57 Å². The number of halogens is 1. The molecule has 0 aromatic heterocycles. The van der Waals surface area contributed by atoms with E-state index in [0.29, 0.717) is 29.1 Å². The summed E-state index contributed by atoms with van der Waals surface area (Å²) in [5, 5.41) is 9.03. The van der Waals surface area contributed by atoms with E-state index < -0.39 is 11.8 Å². The van der Waals surface area contributed by atoms with Gasteiger partial charge in [0, 0.05) is 30.9 Å². The number of allylic oxidation sites excluding steroid dienone is 4. The third-order valence-corrected chi connectivity index (χ3v) is 6.33. The number of carboxylic acids is 1. The SMILES string of the molecule is C=C(/C=C(/N=C/C(=O)N(CC)C(C)CCC)N(C)/C(=C\C)CC)c1ccc([C@@H](C)CC(=O)O)cc1F.CC. The van der Waals surface area contributed by atoms with Crippen LogP contribution in [-0.2, 0) is 9.59 Å². The number of carboxylic acid groups (broad SMARTS) is 1. The fourth-order valence-electron chi connectivity index (χ4n) is 4.17. The van der Waals surface area contributed by atoms with Crippen LogP contribution in [0.4, 0.5) is 4.39 Å². The standard InChI is InChI=1S/C29H42FN3O3.C2H6/c1-9-13-22(7)33(12-4)28(34)19-31-27(32(8)24(10-2)11-3)16-21(6)25-15-14-23(18-26(25)30)20(5)17-29(35)36;1-2/h10,14-16,18-20,22H,6,9,11-13,17H2,1-5,7-8H3,(H,35,36);1-2H3/b24-10-,27-16-,31-19+;/t20-,22?;/m0./s1. The summed E-state index contributed by atoms with van der Waals surface area (Å²) in [6, 6.07) is 4.79. The summed E-state index contributed by atoms with van der Waals surface area (Å²) in [4.78, 5) is 32.1. The monoisotopic (exact) mass is 529 g/mol. The lowest BCUT2D eigenvalue weighted by Crippen LogP contribution is -2.39. The third-order valence-electron chi connectivity index (χ3n) is 6.33. The summed E-state index contributed by atoms with van der Waals surface area (Å²) in [7, 11) is 1.85. The number of rotatable bonds is 14. The van der Waals surface area contributed by atoms with Gasteiger partial charge in [0.15, 0.2) is 0 Å². The van der Waals surface area contributed by atoms with E-state index in [-0.39, 0.29) is 24.3 Å². The average Bonchev–Trinajstić information content (AvgIpc) is 2.88. The van der Waals surface area contributed by atoms with Crippen molar-refractivity contribution in [2.75, 3.05) is 13.6 Å². The second-order valence-corrected chi connectivity index (χ2v) is 8.98. The van der Waals surface area contributed by atoms with Crippen LogP contribution in [-0.4, -0.2) is 52.6 Å². The summed E-state index contributed by atoms with van der Waals surface area (Å²) >= 11 is 0. The normalized spacial score (nSPS) is 13.4. The Hall–Kier alpha value is -3.22. The van der Waals surface area contributed by atoms with Gasteiger partial charge in [-0.15, -0.1) is 0 Å². The Morgan fingerprint density at radius 3 is 2.29 bits per heavy atom. The number of aliphatic carboxylic acids is 1. The highest BCUT2D eigenvalue weighted by Crippen LogP contribution is 2.27. The van der Waals surface area contributed by atoms with E-state index >= 15 is 4.39 Å². The lowest BCUT2D eigenvalue weighted by Gasteiger charge is -2.27. The smallest absolute Gasteiger partial charge is 0.303 e. The molecule has 7 heteroatoms. The lowest BCUT2D eigenvalue weighted by atomic mass is 9.95. The van der Waals surface area contributed by atoms with Gasteiger partial charge in [-0.05, 0) is 62.8 Å². The van der Waals surface area contributed by atoms with Crippen LogP contribution in [0.15, 0.2) is 53.4 Å². The Kier molecular flexibility index (Phi) is 16.6. The number of aliphatic imine (C=N–C) groups is 1. The summed E-state index contributed by atoms with van der Waals surface area (Å²) in [6.07, 6.45) is 7.51. The van der Waals surface area contributed by atoms with E-state index in [1.807, 2.05) is 59.6 Å². The number of amides is 1. The molecule has 0 bridgehead atoms. The van der Waals surface area contributed by atoms with Crippen LogP contribution >= 0.6 is 0 Å². The molecule has 1 aromatic carbocycles. The van der Waals surface area contributed by atoms with Crippen molar-refractivity contribution in [2.45, 2.75) is 93.0 Å². The van der Waals surface area contributed by atoms with E-state index in [4.69, 9.17) is 5.11 Å². The molecule has 212 valence electrons. The first-order valence-corrected chi connectivity index (χ1v) is 13.7. The maximum atomic E-state index is 15.0. The molecule has 0 spiro atoms. The molecule has 0 saturated carbocycles. The van der Waals surface area contributed by atoms with Gasteiger partial charge in [-0.2, -0.15) is 0 Å². The number of benzene rings is 1. The first kappa shape index (κ1) is 34.8. The van der Waals surface area contributed by atoms with E-state index in [1.165, 1.54) is 12.3 Å². The first-order chi connectivity index (χ1) is 18.0. The van der Waals surface area contributed by atoms with Gasteiger partial charge >= 0.3 is 5.97 Å². The molecule has 0 heterocycles. The first-order valence-electron chi connectivity index (χ1n) is 13.7. The van der Waals surface area contributed by atoms with Crippen molar-refractivity contribution < 1.29 is 19.1 Å². The summed E-state index contributed by atoms with van der Waals surface area (Å²) in [5.74, 6) is -1.44. The molecular weight excluding hydrogens is 481 g/mol. The molecule has 0 aliphatic carbocycles. The van der Waals surface area contributed by atoms with Crippen LogP contribution in [0.1, 0.15) is 98.1 Å². The number of carbonyl (C=O) groups excluding carboxylic acids is 1. The van der Waals surface area contributed by atoms with Crippen molar-refractivity contribution in [3.05, 3.63) is 65.4 Å². The van der Waals surface area contributed by atoms with Gasteiger partial charge in [0.2, 0.25) is 0 Å². The van der Waals surface area contributed by atoms with E-state index in [2.05, 4.69) is 18.5 Å². The number of hydrogen-bond acceptors (Lipinski definition) is 4. The van der Waals surface area contributed by atoms with E-state index in [0.717, 1.165) is 25.0 Å². The van der Waals surface area contributed by atoms with Crippen LogP contribution < -0.4 is 0 Å². The second kappa shape index (κ2) is 18.1. The Balaban J connectivity index is 0.00000667. The zero-order chi connectivity index (χ0) is 29.4. The Bertz CT molecular complexity index is 1010. The summed E-state index contributed by atoms with van der Waals surface area (Å²) in [5.41, 5.74) is 2.29. The van der Waals surface area contributed by atoms with Crippen molar-refractivity contribution in [3.63, 3.8) is 0 Å². The minimum absolute atomic E-state index is 0.0773. The van der Waals surface area contributed by atoms with Crippen LogP contribution in [0.5, 0.6) is 0 Å². The summed E-state index contributed by atoms with van der Waals surface area (Å²) < 4.78 is 15.0. The Labute approximate surface area is 229 Å². The fourth-order valence-corrected chi connectivity index (χ4v) is 4.17. The van der Waals surface area contributed by atoms with Crippen molar-refractivity contribution in [1.29, 1.82) is 0 Å². The highest BCUT2D eigenvalue weighted by Gasteiger charge is 2.18. The van der Waals surface area contributed by atoms with Gasteiger partial charge in [0.1, 0.15) is 11.6 Å². The van der Waals surface area contributed by atoms with Gasteiger partial charge in [-0.3, -0.25) is 9.59 Å². The van der Waals surface area contributed by atoms with Gasteiger partial charge in [0.25, 0.3) is 5.91 Å². The molecule has 0 fully saturated rings. The van der Waals surface area contributed by atoms with Gasteiger partial charge in [-0.1, -0.05) is 65.8 Å². The fraction of sp³-hybridized carbons (Fsp3) is 0.516. The maximum Gasteiger partial charge on any atom is 0.303 e. The topological polar surface area (TPSA) is 73.2 Å². The predicted molar refractivity (Wildman–Crippen MR) is 158 cm³/mol. The number of hydrogen-bond donors (Lipinski definition) is 1. The molecule has 2 atom stereocenters. The molecular formula is C31H48FN3O3. The quantitative estimate of drug-likeness (QED) is 0.199. The molecule has 0 saturated heterocycles. The predicted octanol–water partition coefficient (Wildman–Crippen LogP) is 7.64. The molecule has 1 amide bonds. The maximum absolute atomic E-state index is 15.0. The molecule has 1 N–H and O–H groups in total. The van der Waals surface area contributed by atoms with Gasteiger partial charge in [-0.25, -0.2) is 9.38 Å². The average molecular weight is 530 g/mol. The second-order valence-electron chi connectivity index (χ2n) is 8.98. The van der Waals surface area contributed by atoms with Crippen LogP contribution in [0, 0.1) is 5.82 Å². The highest BCUT2D eigenvalue weighted by atomic mass is 19.1. The van der Waals surface area contributed by atoms with Crippen molar-refractivity contribution in [2.24, 2.45) is 4.99 Å². The number of carbonyl (C=O) groups is 2. The molecule has 38 heavy (non-hydrogen) atoms. The van der Waals surface area contributed by atoms with Gasteiger partial charge < -0.3 is 14.9 Å². The Morgan fingerprint density at radius 1 is 1.18 bits per heavy atom. The molecule has 1 unspecified atom stereocenters. The van der Waals surface area contributed by atoms with Gasteiger partial charge in [0.05, 0.1) is 12.6 Å². The minimum atomic E-state index is -0.930. The third kappa shape index (κ3) is 10.6. The van der Waals surface area contributed by atoms with Crippen LogP contribution in [0.2, 0.25) is 0 Å². The van der Waals surface area contributed by atoms with E-state index in [9.17, 15) is 9.59 Å². The molecule has 1 aromatic rings. The zero-order valence-corrected chi connectivity index (χ0v) is 24.8. The molecule has 0 aliphatic heterocycles. The molecule has 0 radical (unpaired) electrons. The molecule has 1 rings (SSSR count). The molecule has 6 nitrogen and oxygen atoms in total.